The molecule has 94 valence electrons. The summed E-state index contributed by atoms with van der Waals surface area (Å²) in [6.45, 7) is 2.60. The van der Waals surface area contributed by atoms with Crippen molar-refractivity contribution in [2.75, 3.05) is 18.5 Å². The summed E-state index contributed by atoms with van der Waals surface area (Å²) < 4.78 is 18.7. The second-order valence-corrected chi connectivity index (χ2v) is 4.43. The van der Waals surface area contributed by atoms with Gasteiger partial charge in [0.2, 0.25) is 5.91 Å². The number of nitrogens with one attached hydrogen (secondary N) is 1. The lowest BCUT2D eigenvalue weighted by atomic mass is 10.3. The highest BCUT2D eigenvalue weighted by molar-refractivity contribution is 9.10. The standard InChI is InChI=1S/C12H15BrFNO2/c1-2-3-6-17-8-12(16)15-11-7-9(14)4-5-10(11)13/h4-5,7H,2-3,6,8H2,1H3,(H,15,16). The highest BCUT2D eigenvalue weighted by atomic mass is 79.9. The first-order valence-electron chi connectivity index (χ1n) is 5.46. The molecule has 0 unspecified atom stereocenters. The van der Waals surface area contributed by atoms with Crippen molar-refractivity contribution in [1.82, 2.24) is 0 Å². The van der Waals surface area contributed by atoms with Crippen LogP contribution in [0.1, 0.15) is 19.8 Å². The van der Waals surface area contributed by atoms with E-state index in [4.69, 9.17) is 4.74 Å². The molecule has 0 atom stereocenters. The van der Waals surface area contributed by atoms with Crippen LogP contribution in [0.3, 0.4) is 0 Å². The molecule has 0 saturated carbocycles. The number of ether oxygens (including phenoxy) is 1. The van der Waals surface area contributed by atoms with Gasteiger partial charge in [0, 0.05) is 11.1 Å². The monoisotopic (exact) mass is 303 g/mol. The van der Waals surface area contributed by atoms with E-state index < -0.39 is 5.82 Å². The molecule has 0 heterocycles. The van der Waals surface area contributed by atoms with Gasteiger partial charge in [-0.1, -0.05) is 13.3 Å². The molecule has 17 heavy (non-hydrogen) atoms. The number of hydrogen-bond acceptors (Lipinski definition) is 2. The molecule has 1 rings (SSSR count). The van der Waals surface area contributed by atoms with Crippen LogP contribution in [0.25, 0.3) is 0 Å². The average Bonchev–Trinajstić information content (AvgIpc) is 2.29. The van der Waals surface area contributed by atoms with Crippen LogP contribution in [0.15, 0.2) is 22.7 Å². The molecule has 1 aromatic rings. The van der Waals surface area contributed by atoms with E-state index in [0.717, 1.165) is 12.8 Å². The van der Waals surface area contributed by atoms with E-state index in [1.165, 1.54) is 12.1 Å². The third-order valence-electron chi connectivity index (χ3n) is 2.08. The van der Waals surface area contributed by atoms with Crippen molar-refractivity contribution < 1.29 is 13.9 Å². The van der Waals surface area contributed by atoms with Gasteiger partial charge < -0.3 is 10.1 Å². The first-order chi connectivity index (χ1) is 8.13. The predicted octanol–water partition coefficient (Wildman–Crippen LogP) is 3.34. The molecule has 0 fully saturated rings. The number of unbranched alkanes of at least 4 members (excludes halogenated alkanes) is 1. The Morgan fingerprint density at radius 2 is 2.29 bits per heavy atom. The Kier molecular flexibility index (Phi) is 6.15. The van der Waals surface area contributed by atoms with Gasteiger partial charge in [0.25, 0.3) is 0 Å². The number of carbonyl (C=O) groups is 1. The normalized spacial score (nSPS) is 10.3. The van der Waals surface area contributed by atoms with Crippen LogP contribution in [0.5, 0.6) is 0 Å². The van der Waals surface area contributed by atoms with Crippen LogP contribution in [-0.4, -0.2) is 19.1 Å². The van der Waals surface area contributed by atoms with Gasteiger partial charge in [-0.25, -0.2) is 4.39 Å². The molecule has 0 aromatic heterocycles. The summed E-state index contributed by atoms with van der Waals surface area (Å²) in [6, 6.07) is 4.12. The minimum Gasteiger partial charge on any atom is -0.372 e. The first kappa shape index (κ1) is 14.1. The molecule has 3 nitrogen and oxygen atoms in total. The van der Waals surface area contributed by atoms with Gasteiger partial charge in [-0.15, -0.1) is 0 Å². The number of rotatable bonds is 6. The Labute approximate surface area is 108 Å². The van der Waals surface area contributed by atoms with E-state index in [1.807, 2.05) is 6.92 Å². The van der Waals surface area contributed by atoms with Crippen molar-refractivity contribution in [3.8, 4) is 0 Å². The maximum Gasteiger partial charge on any atom is 0.250 e. The predicted molar refractivity (Wildman–Crippen MR) is 68.5 cm³/mol. The highest BCUT2D eigenvalue weighted by Crippen LogP contribution is 2.22. The van der Waals surface area contributed by atoms with Crippen LogP contribution in [0, 0.1) is 5.82 Å². The molecule has 1 aromatic carbocycles. The minimum absolute atomic E-state index is 0.0110. The molecule has 5 heteroatoms. The van der Waals surface area contributed by atoms with Crippen molar-refractivity contribution in [1.29, 1.82) is 0 Å². The van der Waals surface area contributed by atoms with E-state index in [-0.39, 0.29) is 12.5 Å². The molecule has 0 aliphatic rings. The molecule has 0 aliphatic heterocycles. The molecule has 0 spiro atoms. The van der Waals surface area contributed by atoms with E-state index in [1.54, 1.807) is 6.07 Å². The smallest absolute Gasteiger partial charge is 0.250 e. The summed E-state index contributed by atoms with van der Waals surface area (Å²) >= 11 is 3.23. The molecule has 0 aliphatic carbocycles. The van der Waals surface area contributed by atoms with Gasteiger partial charge in [0.1, 0.15) is 12.4 Å². The summed E-state index contributed by atoms with van der Waals surface area (Å²) in [5.41, 5.74) is 0.411. The Balaban J connectivity index is 2.42. The molecular formula is C12H15BrFNO2. The van der Waals surface area contributed by atoms with E-state index >= 15 is 0 Å². The summed E-state index contributed by atoms with van der Waals surface area (Å²) in [5.74, 6) is -0.678. The number of anilines is 1. The molecule has 1 amide bonds. The molecule has 0 bridgehead atoms. The Hall–Kier alpha value is -0.940. The fraction of sp³-hybridized carbons (Fsp3) is 0.417. The molecular weight excluding hydrogens is 289 g/mol. The van der Waals surface area contributed by atoms with E-state index in [0.29, 0.717) is 16.8 Å². The number of amides is 1. The van der Waals surface area contributed by atoms with Gasteiger partial charge in [-0.2, -0.15) is 0 Å². The lowest BCUT2D eigenvalue weighted by Crippen LogP contribution is -2.19. The van der Waals surface area contributed by atoms with Crippen molar-refractivity contribution >= 4 is 27.5 Å². The number of hydrogen-bond donors (Lipinski definition) is 1. The van der Waals surface area contributed by atoms with Crippen molar-refractivity contribution in [3.63, 3.8) is 0 Å². The van der Waals surface area contributed by atoms with Gasteiger partial charge in [0.05, 0.1) is 5.69 Å². The summed E-state index contributed by atoms with van der Waals surface area (Å²) in [5, 5.41) is 2.58. The van der Waals surface area contributed by atoms with Crippen LogP contribution >= 0.6 is 15.9 Å². The average molecular weight is 304 g/mol. The fourth-order valence-electron chi connectivity index (χ4n) is 1.19. The quantitative estimate of drug-likeness (QED) is 0.819. The van der Waals surface area contributed by atoms with Gasteiger partial charge in [-0.3, -0.25) is 4.79 Å². The first-order valence-corrected chi connectivity index (χ1v) is 6.25. The highest BCUT2D eigenvalue weighted by Gasteiger charge is 2.06. The molecule has 0 saturated heterocycles. The van der Waals surface area contributed by atoms with Crippen LogP contribution in [0.4, 0.5) is 10.1 Å². The SMILES string of the molecule is CCCCOCC(=O)Nc1cc(F)ccc1Br. The summed E-state index contributed by atoms with van der Waals surface area (Å²) in [7, 11) is 0. The number of halogens is 2. The minimum atomic E-state index is -0.393. The van der Waals surface area contributed by atoms with Crippen LogP contribution in [0.2, 0.25) is 0 Å². The van der Waals surface area contributed by atoms with Crippen LogP contribution in [-0.2, 0) is 9.53 Å². The maximum atomic E-state index is 12.9. The lowest BCUT2D eigenvalue weighted by molar-refractivity contribution is -0.120. The maximum absolute atomic E-state index is 12.9. The largest absolute Gasteiger partial charge is 0.372 e. The van der Waals surface area contributed by atoms with Crippen molar-refractivity contribution in [2.45, 2.75) is 19.8 Å². The number of carbonyl (C=O) groups excluding carboxylic acids is 1. The second kappa shape index (κ2) is 7.40. The Bertz CT molecular complexity index is 385. The third kappa shape index (κ3) is 5.28. The zero-order chi connectivity index (χ0) is 12.7. The Morgan fingerprint density at radius 1 is 1.53 bits per heavy atom. The summed E-state index contributed by atoms with van der Waals surface area (Å²) in [4.78, 5) is 11.5. The van der Waals surface area contributed by atoms with Crippen LogP contribution < -0.4 is 5.32 Å². The van der Waals surface area contributed by atoms with Gasteiger partial charge >= 0.3 is 0 Å². The van der Waals surface area contributed by atoms with E-state index in [9.17, 15) is 9.18 Å². The van der Waals surface area contributed by atoms with Gasteiger partial charge in [-0.05, 0) is 40.5 Å². The summed E-state index contributed by atoms with van der Waals surface area (Å²) in [6.07, 6.45) is 1.95. The van der Waals surface area contributed by atoms with Crippen molar-refractivity contribution in [2.24, 2.45) is 0 Å². The van der Waals surface area contributed by atoms with Crippen molar-refractivity contribution in [3.05, 3.63) is 28.5 Å². The van der Waals surface area contributed by atoms with Gasteiger partial charge in [0.15, 0.2) is 0 Å². The number of benzene rings is 1. The zero-order valence-corrected chi connectivity index (χ0v) is 11.2. The second-order valence-electron chi connectivity index (χ2n) is 3.58. The topological polar surface area (TPSA) is 38.3 Å². The Morgan fingerprint density at radius 3 is 3.00 bits per heavy atom. The fourth-order valence-corrected chi connectivity index (χ4v) is 1.54. The lowest BCUT2D eigenvalue weighted by Gasteiger charge is -2.07. The molecule has 1 N–H and O–H groups in total. The molecule has 0 radical (unpaired) electrons. The third-order valence-corrected chi connectivity index (χ3v) is 2.77. The van der Waals surface area contributed by atoms with E-state index in [2.05, 4.69) is 21.2 Å². The zero-order valence-electron chi connectivity index (χ0n) is 9.63.